The summed E-state index contributed by atoms with van der Waals surface area (Å²) in [5.41, 5.74) is 8.53. The molecule has 0 radical (unpaired) electrons. The Bertz CT molecular complexity index is 517. The lowest BCUT2D eigenvalue weighted by atomic mass is 10.00. The lowest BCUT2D eigenvalue weighted by molar-refractivity contribution is 0.576. The van der Waals surface area contributed by atoms with Gasteiger partial charge in [0, 0.05) is 17.6 Å². The Morgan fingerprint density at radius 1 is 1.29 bits per heavy atom. The summed E-state index contributed by atoms with van der Waals surface area (Å²) in [6.07, 6.45) is 7.04. The molecule has 2 nitrogen and oxygen atoms in total. The Morgan fingerprint density at radius 3 is 3.00 bits per heavy atom. The molecule has 17 heavy (non-hydrogen) atoms. The van der Waals surface area contributed by atoms with Gasteiger partial charge in [0.25, 0.3) is 0 Å². The van der Waals surface area contributed by atoms with E-state index in [1.807, 2.05) is 12.3 Å². The zero-order chi connectivity index (χ0) is 11.7. The van der Waals surface area contributed by atoms with Crippen molar-refractivity contribution in [3.63, 3.8) is 0 Å². The molecule has 1 heterocycles. The van der Waals surface area contributed by atoms with Crippen LogP contribution in [0.3, 0.4) is 0 Å². The van der Waals surface area contributed by atoms with Crippen LogP contribution in [0, 0.1) is 5.92 Å². The molecule has 1 atom stereocenters. The van der Waals surface area contributed by atoms with Crippen molar-refractivity contribution in [3.05, 3.63) is 42.1 Å². The Morgan fingerprint density at radius 2 is 2.18 bits per heavy atom. The summed E-state index contributed by atoms with van der Waals surface area (Å²) in [7, 11) is 0. The van der Waals surface area contributed by atoms with Gasteiger partial charge in [-0.3, -0.25) is 4.98 Å². The lowest BCUT2D eigenvalue weighted by Gasteiger charge is -2.12. The minimum absolute atomic E-state index is 0.181. The summed E-state index contributed by atoms with van der Waals surface area (Å²) >= 11 is 0. The molecule has 0 aliphatic heterocycles. The van der Waals surface area contributed by atoms with Crippen LogP contribution in [0.4, 0.5) is 0 Å². The van der Waals surface area contributed by atoms with Crippen LogP contribution in [0.5, 0.6) is 0 Å². The summed E-state index contributed by atoms with van der Waals surface area (Å²) in [6.45, 7) is 0. The van der Waals surface area contributed by atoms with Gasteiger partial charge < -0.3 is 5.73 Å². The van der Waals surface area contributed by atoms with Crippen LogP contribution < -0.4 is 5.73 Å². The van der Waals surface area contributed by atoms with Crippen LogP contribution >= 0.6 is 0 Å². The summed E-state index contributed by atoms with van der Waals surface area (Å²) in [4.78, 5) is 4.33. The highest BCUT2D eigenvalue weighted by atomic mass is 14.7. The molecule has 2 N–H and O–H groups in total. The Balaban J connectivity index is 1.78. The van der Waals surface area contributed by atoms with Gasteiger partial charge in [-0.15, -0.1) is 0 Å². The molecule has 1 aliphatic carbocycles. The molecule has 2 aromatic rings. The predicted molar refractivity (Wildman–Crippen MR) is 70.6 cm³/mol. The maximum Gasteiger partial charge on any atom is 0.0702 e. The normalized spacial score (nSPS) is 17.2. The number of hydrogen-bond donors (Lipinski definition) is 1. The fourth-order valence-electron chi connectivity index (χ4n) is 2.31. The minimum Gasteiger partial charge on any atom is -0.324 e. The van der Waals surface area contributed by atoms with Gasteiger partial charge in [0.1, 0.15) is 0 Å². The van der Waals surface area contributed by atoms with Crippen LogP contribution in [-0.4, -0.2) is 4.98 Å². The highest BCUT2D eigenvalue weighted by molar-refractivity contribution is 5.79. The summed E-state index contributed by atoms with van der Waals surface area (Å²) in [5, 5.41) is 1.19. The van der Waals surface area contributed by atoms with E-state index in [9.17, 15) is 0 Å². The zero-order valence-corrected chi connectivity index (χ0v) is 9.97. The minimum atomic E-state index is 0.181. The number of fused-ring (bicyclic) bond motifs is 1. The molecule has 1 aromatic heterocycles. The average Bonchev–Trinajstić information content (AvgIpc) is 3.19. The van der Waals surface area contributed by atoms with Gasteiger partial charge >= 0.3 is 0 Å². The molecule has 1 aromatic carbocycles. The number of benzene rings is 1. The number of pyridine rings is 1. The number of hydrogen-bond acceptors (Lipinski definition) is 2. The van der Waals surface area contributed by atoms with E-state index in [0.29, 0.717) is 0 Å². The van der Waals surface area contributed by atoms with Crippen molar-refractivity contribution >= 4 is 10.9 Å². The van der Waals surface area contributed by atoms with E-state index in [1.54, 1.807) is 0 Å². The maximum atomic E-state index is 6.24. The van der Waals surface area contributed by atoms with Gasteiger partial charge in [0.05, 0.1) is 5.52 Å². The van der Waals surface area contributed by atoms with E-state index in [-0.39, 0.29) is 6.04 Å². The van der Waals surface area contributed by atoms with Gasteiger partial charge in [0.2, 0.25) is 0 Å². The summed E-state index contributed by atoms with van der Waals surface area (Å²) < 4.78 is 0. The molecule has 0 saturated heterocycles. The molecule has 0 spiro atoms. The van der Waals surface area contributed by atoms with Gasteiger partial charge in [-0.1, -0.05) is 25.0 Å². The highest BCUT2D eigenvalue weighted by Crippen LogP contribution is 2.35. The molecule has 2 heteroatoms. The third-order valence-electron chi connectivity index (χ3n) is 3.64. The van der Waals surface area contributed by atoms with Crippen molar-refractivity contribution in [1.82, 2.24) is 4.98 Å². The second-order valence-corrected chi connectivity index (χ2v) is 5.08. The molecule has 0 bridgehead atoms. The molecular formula is C15H18N2. The van der Waals surface area contributed by atoms with Crippen LogP contribution in [0.2, 0.25) is 0 Å². The van der Waals surface area contributed by atoms with Crippen molar-refractivity contribution in [3.8, 4) is 0 Å². The van der Waals surface area contributed by atoms with Crippen molar-refractivity contribution < 1.29 is 0 Å². The van der Waals surface area contributed by atoms with E-state index in [0.717, 1.165) is 17.9 Å². The first-order chi connectivity index (χ1) is 8.33. The first-order valence-corrected chi connectivity index (χ1v) is 6.43. The number of aromatic nitrogens is 1. The molecular weight excluding hydrogens is 208 g/mol. The monoisotopic (exact) mass is 226 g/mol. The standard InChI is InChI=1S/C15H18N2/c16-14(7-5-11-3-4-11)12-6-8-15-13(10-12)2-1-9-17-15/h1-2,6,8-11,14H,3-5,7,16H2. The van der Waals surface area contributed by atoms with E-state index >= 15 is 0 Å². The van der Waals surface area contributed by atoms with Crippen LogP contribution in [0.25, 0.3) is 10.9 Å². The molecule has 1 unspecified atom stereocenters. The quantitative estimate of drug-likeness (QED) is 0.867. The average molecular weight is 226 g/mol. The number of rotatable bonds is 4. The SMILES string of the molecule is NC(CCC1CC1)c1ccc2ncccc2c1. The van der Waals surface area contributed by atoms with Gasteiger partial charge in [0.15, 0.2) is 0 Å². The van der Waals surface area contributed by atoms with Gasteiger partial charge in [-0.05, 0) is 42.5 Å². The molecule has 0 amide bonds. The van der Waals surface area contributed by atoms with Crippen molar-refractivity contribution in [1.29, 1.82) is 0 Å². The summed E-state index contributed by atoms with van der Waals surface area (Å²) in [5.74, 6) is 0.961. The predicted octanol–water partition coefficient (Wildman–Crippen LogP) is 3.42. The molecule has 1 fully saturated rings. The number of nitrogens with zero attached hydrogens (tertiary/aromatic N) is 1. The second kappa shape index (κ2) is 4.46. The van der Waals surface area contributed by atoms with Crippen molar-refractivity contribution in [2.45, 2.75) is 31.7 Å². The third-order valence-corrected chi connectivity index (χ3v) is 3.64. The topological polar surface area (TPSA) is 38.9 Å². The smallest absolute Gasteiger partial charge is 0.0702 e. The first kappa shape index (κ1) is 10.7. The maximum absolute atomic E-state index is 6.24. The van der Waals surface area contributed by atoms with Gasteiger partial charge in [-0.2, -0.15) is 0 Å². The highest BCUT2D eigenvalue weighted by Gasteiger charge is 2.21. The van der Waals surface area contributed by atoms with E-state index in [4.69, 9.17) is 5.73 Å². The first-order valence-electron chi connectivity index (χ1n) is 6.43. The Labute approximate surface area is 102 Å². The van der Waals surface area contributed by atoms with Crippen LogP contribution in [0.1, 0.15) is 37.3 Å². The van der Waals surface area contributed by atoms with Crippen LogP contribution in [-0.2, 0) is 0 Å². The van der Waals surface area contributed by atoms with E-state index in [2.05, 4.69) is 29.2 Å². The largest absolute Gasteiger partial charge is 0.324 e. The molecule has 1 saturated carbocycles. The fraction of sp³-hybridized carbons (Fsp3) is 0.400. The van der Waals surface area contributed by atoms with Crippen LogP contribution in [0.15, 0.2) is 36.5 Å². The fourth-order valence-corrected chi connectivity index (χ4v) is 2.31. The van der Waals surface area contributed by atoms with E-state index < -0.39 is 0 Å². The van der Waals surface area contributed by atoms with Crippen molar-refractivity contribution in [2.24, 2.45) is 11.7 Å². The zero-order valence-electron chi connectivity index (χ0n) is 9.97. The van der Waals surface area contributed by atoms with E-state index in [1.165, 1.54) is 30.2 Å². The second-order valence-electron chi connectivity index (χ2n) is 5.08. The Hall–Kier alpha value is -1.41. The molecule has 3 rings (SSSR count). The molecule has 1 aliphatic rings. The lowest BCUT2D eigenvalue weighted by Crippen LogP contribution is -2.10. The Kier molecular flexibility index (Phi) is 2.81. The van der Waals surface area contributed by atoms with Gasteiger partial charge in [-0.25, -0.2) is 0 Å². The van der Waals surface area contributed by atoms with Crippen molar-refractivity contribution in [2.75, 3.05) is 0 Å². The number of nitrogens with two attached hydrogens (primary N) is 1. The third kappa shape index (κ3) is 2.47. The summed E-state index contributed by atoms with van der Waals surface area (Å²) in [6, 6.07) is 10.6. The molecule has 88 valence electrons.